The molecule has 10 heteroatoms. The number of nitrogens with one attached hydrogen (secondary N) is 3. The highest BCUT2D eigenvalue weighted by Crippen LogP contribution is 2.09. The fourth-order valence-electron chi connectivity index (χ4n) is 2.80. The second-order valence-electron chi connectivity index (χ2n) is 10.3. The predicted octanol–water partition coefficient (Wildman–Crippen LogP) is 3.98. The van der Waals surface area contributed by atoms with Gasteiger partial charge in [-0.3, -0.25) is 10.1 Å². The monoisotopic (exact) mass is 485 g/mol. The Morgan fingerprint density at radius 1 is 0.824 bits per heavy atom. The van der Waals surface area contributed by atoms with Crippen LogP contribution in [0.15, 0.2) is 4.99 Å². The Labute approximate surface area is 205 Å². The van der Waals surface area contributed by atoms with Gasteiger partial charge in [-0.25, -0.2) is 9.59 Å². The van der Waals surface area contributed by atoms with E-state index >= 15 is 0 Å². The molecule has 0 aromatic rings. The van der Waals surface area contributed by atoms with Crippen LogP contribution in [0.2, 0.25) is 0 Å². The summed E-state index contributed by atoms with van der Waals surface area (Å²) in [5.41, 5.74) is 4.54. The van der Waals surface area contributed by atoms with Gasteiger partial charge in [0.25, 0.3) is 0 Å². The van der Waals surface area contributed by atoms with E-state index in [1.807, 2.05) is 0 Å². The van der Waals surface area contributed by atoms with Gasteiger partial charge in [0.05, 0.1) is 6.04 Å². The van der Waals surface area contributed by atoms with Crippen LogP contribution in [-0.2, 0) is 14.3 Å². The molecule has 0 unspecified atom stereocenters. The average molecular weight is 486 g/mol. The highest BCUT2D eigenvalue weighted by molar-refractivity contribution is 5.98. The highest BCUT2D eigenvalue weighted by Gasteiger charge is 2.20. The Morgan fingerprint density at radius 2 is 1.38 bits per heavy atom. The number of carbonyl (C=O) groups excluding carboxylic acids is 3. The largest absolute Gasteiger partial charge is 0.444 e. The second kappa shape index (κ2) is 16.3. The molecule has 3 amide bonds. The smallest absolute Gasteiger partial charge is 0.437 e. The third-order valence-corrected chi connectivity index (χ3v) is 4.37. The third kappa shape index (κ3) is 19.1. The first kappa shape index (κ1) is 31.6. The van der Waals surface area contributed by atoms with Crippen LogP contribution < -0.4 is 21.7 Å². The second-order valence-corrected chi connectivity index (χ2v) is 10.3. The number of carbonyl (C=O) groups is 3. The van der Waals surface area contributed by atoms with E-state index < -0.39 is 29.4 Å². The van der Waals surface area contributed by atoms with Crippen molar-refractivity contribution in [3.05, 3.63) is 0 Å². The summed E-state index contributed by atoms with van der Waals surface area (Å²) in [5, 5.41) is 8.17. The van der Waals surface area contributed by atoms with Gasteiger partial charge in [-0.15, -0.1) is 4.99 Å². The summed E-state index contributed by atoms with van der Waals surface area (Å²) in [4.78, 5) is 40.1. The molecule has 198 valence electrons. The summed E-state index contributed by atoms with van der Waals surface area (Å²) in [7, 11) is 0. The van der Waals surface area contributed by atoms with Crippen molar-refractivity contribution >= 4 is 24.1 Å². The van der Waals surface area contributed by atoms with E-state index in [9.17, 15) is 14.4 Å². The minimum absolute atomic E-state index is 0.0930. The Morgan fingerprint density at radius 3 is 1.97 bits per heavy atom. The number of unbranched alkanes of at least 4 members (excludes halogenated alkanes) is 5. The third-order valence-electron chi connectivity index (χ3n) is 4.37. The summed E-state index contributed by atoms with van der Waals surface area (Å²) in [5.74, 6) is -0.271. The number of hydrogen-bond donors (Lipinski definition) is 4. The van der Waals surface area contributed by atoms with Crippen LogP contribution >= 0.6 is 0 Å². The van der Waals surface area contributed by atoms with Gasteiger partial charge < -0.3 is 25.8 Å². The molecule has 0 spiro atoms. The maximum Gasteiger partial charge on any atom is 0.437 e. The molecule has 0 aromatic carbocycles. The van der Waals surface area contributed by atoms with Crippen molar-refractivity contribution in [1.29, 1.82) is 0 Å². The van der Waals surface area contributed by atoms with Gasteiger partial charge in [0.2, 0.25) is 11.9 Å². The Bertz CT molecular complexity index is 653. The van der Waals surface area contributed by atoms with Gasteiger partial charge in [-0.1, -0.05) is 39.0 Å². The van der Waals surface area contributed by atoms with Crippen LogP contribution in [0.1, 0.15) is 99.8 Å². The number of ether oxygens (including phenoxy) is 2. The number of rotatable bonds is 12. The molecule has 0 aliphatic rings. The quantitative estimate of drug-likeness (QED) is 0.186. The molecule has 0 fully saturated rings. The molecule has 5 N–H and O–H groups in total. The van der Waals surface area contributed by atoms with E-state index in [2.05, 4.69) is 27.9 Å². The molecule has 0 saturated carbocycles. The molecule has 0 radical (unpaired) electrons. The maximum atomic E-state index is 12.1. The first-order valence-corrected chi connectivity index (χ1v) is 12.3. The normalized spacial score (nSPS) is 13.1. The molecule has 0 bridgehead atoms. The zero-order chi connectivity index (χ0) is 26.2. The van der Waals surface area contributed by atoms with Crippen molar-refractivity contribution in [3.63, 3.8) is 0 Å². The lowest BCUT2D eigenvalue weighted by molar-refractivity contribution is -0.122. The van der Waals surface area contributed by atoms with E-state index in [1.54, 1.807) is 41.5 Å². The van der Waals surface area contributed by atoms with Crippen molar-refractivity contribution in [1.82, 2.24) is 16.0 Å². The molecular weight excluding hydrogens is 438 g/mol. The van der Waals surface area contributed by atoms with E-state index in [-0.39, 0.29) is 11.9 Å². The summed E-state index contributed by atoms with van der Waals surface area (Å²) in [6, 6.07) is -0.632. The van der Waals surface area contributed by atoms with Crippen molar-refractivity contribution in [2.45, 2.75) is 117 Å². The number of hydrogen-bond acceptors (Lipinski definition) is 6. The molecular formula is C24H47N5O5. The number of alkyl carbamates (subject to hydrolysis) is 1. The van der Waals surface area contributed by atoms with Gasteiger partial charge in [0, 0.05) is 13.1 Å². The fourth-order valence-corrected chi connectivity index (χ4v) is 2.80. The maximum absolute atomic E-state index is 12.1. The lowest BCUT2D eigenvalue weighted by Gasteiger charge is -2.21. The molecule has 0 saturated heterocycles. The van der Waals surface area contributed by atoms with Gasteiger partial charge in [-0.05, 0) is 60.8 Å². The molecule has 0 rings (SSSR count). The Balaban J connectivity index is 4.54. The van der Waals surface area contributed by atoms with E-state index in [1.165, 1.54) is 25.7 Å². The zero-order valence-electron chi connectivity index (χ0n) is 22.2. The van der Waals surface area contributed by atoms with Crippen molar-refractivity contribution in [2.24, 2.45) is 10.7 Å². The Hall–Kier alpha value is -2.36. The zero-order valence-corrected chi connectivity index (χ0v) is 22.2. The van der Waals surface area contributed by atoms with Crippen molar-refractivity contribution < 1.29 is 23.9 Å². The van der Waals surface area contributed by atoms with Crippen LogP contribution in [0, 0.1) is 0 Å². The lowest BCUT2D eigenvalue weighted by Crippen LogP contribution is -2.45. The van der Waals surface area contributed by atoms with Crippen LogP contribution in [0.5, 0.6) is 0 Å². The van der Waals surface area contributed by atoms with Gasteiger partial charge in [-0.2, -0.15) is 0 Å². The molecule has 0 aliphatic heterocycles. The summed E-state index contributed by atoms with van der Waals surface area (Å²) >= 11 is 0. The SMILES string of the molecule is CCCCCCCCNC(=O)[C@@H](N)CCCN/C(=N\C(=O)OC(C)(C)C)NC(=O)OC(C)(C)C. The number of nitrogens with zero attached hydrogens (tertiary/aromatic N) is 1. The van der Waals surface area contributed by atoms with Gasteiger partial charge in [0.1, 0.15) is 11.2 Å². The van der Waals surface area contributed by atoms with Gasteiger partial charge >= 0.3 is 12.2 Å². The first-order chi connectivity index (χ1) is 15.7. The summed E-state index contributed by atoms with van der Waals surface area (Å²) < 4.78 is 10.4. The topological polar surface area (TPSA) is 144 Å². The minimum Gasteiger partial charge on any atom is -0.444 e. The number of nitrogens with two attached hydrogens (primary N) is 1. The molecule has 0 aliphatic carbocycles. The molecule has 0 aromatic heterocycles. The molecule has 1 atom stereocenters. The van der Waals surface area contributed by atoms with Crippen LogP contribution in [0.4, 0.5) is 9.59 Å². The van der Waals surface area contributed by atoms with E-state index in [0.29, 0.717) is 25.9 Å². The highest BCUT2D eigenvalue weighted by atomic mass is 16.6. The van der Waals surface area contributed by atoms with Crippen molar-refractivity contribution in [3.8, 4) is 0 Å². The first-order valence-electron chi connectivity index (χ1n) is 12.3. The molecule has 0 heterocycles. The van der Waals surface area contributed by atoms with Gasteiger partial charge in [0.15, 0.2) is 0 Å². The lowest BCUT2D eigenvalue weighted by atomic mass is 10.1. The fraction of sp³-hybridized carbons (Fsp3) is 0.833. The van der Waals surface area contributed by atoms with Crippen LogP contribution in [0.3, 0.4) is 0 Å². The molecule has 10 nitrogen and oxygen atoms in total. The minimum atomic E-state index is -0.850. The standard InChI is InChI=1S/C24H47N5O5/c1-8-9-10-11-12-13-16-26-19(30)18(25)15-14-17-27-20(28-21(31)33-23(2,3)4)29-22(32)34-24(5,6)7/h18H,8-17,25H2,1-7H3,(H,26,30)(H2,27,28,29,31,32)/t18-/m0/s1. The van der Waals surface area contributed by atoms with Crippen LogP contribution in [0.25, 0.3) is 0 Å². The van der Waals surface area contributed by atoms with Crippen LogP contribution in [-0.4, -0.2) is 54.4 Å². The predicted molar refractivity (Wildman–Crippen MR) is 135 cm³/mol. The number of aliphatic imine (C=N–C) groups is 1. The average Bonchev–Trinajstić information content (AvgIpc) is 2.67. The molecule has 34 heavy (non-hydrogen) atoms. The van der Waals surface area contributed by atoms with E-state index in [4.69, 9.17) is 15.2 Å². The number of guanidine groups is 1. The number of amides is 3. The Kier molecular flexibility index (Phi) is 15.2. The van der Waals surface area contributed by atoms with E-state index in [0.717, 1.165) is 12.8 Å². The summed E-state index contributed by atoms with van der Waals surface area (Å²) in [6.45, 7) is 13.5. The summed E-state index contributed by atoms with van der Waals surface area (Å²) in [6.07, 6.45) is 6.29. The van der Waals surface area contributed by atoms with Crippen molar-refractivity contribution in [2.75, 3.05) is 13.1 Å².